The minimum Gasteiger partial charge on any atom is -0.296 e. The first-order valence-electron chi connectivity index (χ1n) is 5.15. The van der Waals surface area contributed by atoms with Crippen molar-refractivity contribution in [3.8, 4) is 0 Å². The van der Waals surface area contributed by atoms with Crippen molar-refractivity contribution in [3.05, 3.63) is 50.6 Å². The van der Waals surface area contributed by atoms with E-state index in [0.717, 1.165) is 24.3 Å². The van der Waals surface area contributed by atoms with Crippen LogP contribution >= 0.6 is 0 Å². The van der Waals surface area contributed by atoms with Gasteiger partial charge >= 0.3 is 23.9 Å². The molecule has 0 atom stereocenters. The fraction of sp³-hybridized carbons (Fsp3) is 0. The van der Waals surface area contributed by atoms with Crippen LogP contribution in [-0.4, -0.2) is 44.9 Å². The minimum atomic E-state index is -0.838. The van der Waals surface area contributed by atoms with Gasteiger partial charge in [-0.25, -0.2) is 19.2 Å². The maximum absolute atomic E-state index is 9.59. The molecule has 0 aliphatic heterocycles. The highest BCUT2D eigenvalue weighted by Gasteiger charge is 1.86. The molecule has 136 valence electrons. The van der Waals surface area contributed by atoms with Crippen molar-refractivity contribution in [1.82, 2.24) is 0 Å². The fourth-order valence-electron chi connectivity index (χ4n) is 0.149. The molecule has 0 heterocycles. The molecule has 0 spiro atoms. The monoisotopic (exact) mass is 352 g/mol. The lowest BCUT2D eigenvalue weighted by atomic mass is 10.7. The zero-order valence-electron chi connectivity index (χ0n) is 12.2. The van der Waals surface area contributed by atoms with Gasteiger partial charge in [-0.3, -0.25) is 19.6 Å². The predicted molar refractivity (Wildman–Crippen MR) is 75.7 cm³/mol. The van der Waals surface area contributed by atoms with Crippen LogP contribution in [-0.2, 0) is 38.7 Å². The maximum atomic E-state index is 9.59. The average Bonchev–Trinajstić information content (AvgIpc) is 2.66. The molecule has 0 aliphatic rings. The average molecular weight is 352 g/mol. The predicted octanol–water partition coefficient (Wildman–Crippen LogP) is 0.754. The second-order valence-electron chi connectivity index (χ2n) is 2.46. The van der Waals surface area contributed by atoms with Gasteiger partial charge < -0.3 is 0 Å². The van der Waals surface area contributed by atoms with E-state index in [1.54, 1.807) is 0 Å². The summed E-state index contributed by atoms with van der Waals surface area (Å²) in [6.45, 7) is 12.0. The van der Waals surface area contributed by atoms with E-state index in [2.05, 4.69) is 45.9 Å². The quantitative estimate of drug-likeness (QED) is 0.241. The van der Waals surface area contributed by atoms with Gasteiger partial charge in [-0.05, 0) is 0 Å². The molecular formula is C12H16O12. The summed E-state index contributed by atoms with van der Waals surface area (Å²) in [4.78, 5) is 50.9. The molecule has 12 heteroatoms. The first-order chi connectivity index (χ1) is 11.2. The molecule has 24 heavy (non-hydrogen) atoms. The summed E-state index contributed by atoms with van der Waals surface area (Å²) < 4.78 is 0. The molecule has 0 bridgehead atoms. The number of carbonyl (C=O) groups excluding carboxylic acids is 4. The van der Waals surface area contributed by atoms with Crippen LogP contribution in [0.15, 0.2) is 50.6 Å². The third-order valence-electron chi connectivity index (χ3n) is 1.03. The largest absolute Gasteiger partial charge is 0.365 e. The topological polar surface area (TPSA) is 186 Å². The summed E-state index contributed by atoms with van der Waals surface area (Å²) in [5.41, 5.74) is 0. The second kappa shape index (κ2) is 24.7. The van der Waals surface area contributed by atoms with Gasteiger partial charge in [0.2, 0.25) is 0 Å². The smallest absolute Gasteiger partial charge is 0.296 e. The van der Waals surface area contributed by atoms with E-state index in [4.69, 9.17) is 21.0 Å². The molecule has 12 nitrogen and oxygen atoms in total. The van der Waals surface area contributed by atoms with Crippen molar-refractivity contribution < 1.29 is 59.8 Å². The van der Waals surface area contributed by atoms with Crippen molar-refractivity contribution in [1.29, 1.82) is 0 Å². The van der Waals surface area contributed by atoms with Gasteiger partial charge in [0.15, 0.2) is 0 Å². The lowest BCUT2D eigenvalue weighted by Crippen LogP contribution is -1.92. The third-order valence-corrected chi connectivity index (χ3v) is 1.03. The Hall–Kier alpha value is -3.32. The normalized spacial score (nSPS) is 6.83. The SMILES string of the molecule is C=CC(=O)OO.C=CC(=O)OO.C=CC(=O)OO.C=CC(=O)OO. The molecule has 0 aromatic carbocycles. The van der Waals surface area contributed by atoms with E-state index >= 15 is 0 Å². The summed E-state index contributed by atoms with van der Waals surface area (Å²) in [5.74, 6) is -3.35. The van der Waals surface area contributed by atoms with Gasteiger partial charge in [0, 0.05) is 24.3 Å². The first kappa shape index (κ1) is 28.8. The number of hydrogen-bond donors (Lipinski definition) is 4. The molecule has 0 unspecified atom stereocenters. The van der Waals surface area contributed by atoms with Crippen LogP contribution in [0.3, 0.4) is 0 Å². The molecule has 0 saturated carbocycles. The molecule has 0 aromatic heterocycles. The highest BCUT2D eigenvalue weighted by atomic mass is 17.1. The van der Waals surface area contributed by atoms with Crippen molar-refractivity contribution in [3.63, 3.8) is 0 Å². The summed E-state index contributed by atoms with van der Waals surface area (Å²) >= 11 is 0. The van der Waals surface area contributed by atoms with E-state index in [9.17, 15) is 19.2 Å². The van der Waals surface area contributed by atoms with Crippen LogP contribution in [0, 0.1) is 0 Å². The molecule has 4 N–H and O–H groups in total. The van der Waals surface area contributed by atoms with Crippen LogP contribution in [0.1, 0.15) is 0 Å². The lowest BCUT2D eigenvalue weighted by Gasteiger charge is -1.78. The molecule has 0 amide bonds. The maximum Gasteiger partial charge on any atom is 0.365 e. The molecule has 0 saturated heterocycles. The number of carbonyl (C=O) groups is 4. The van der Waals surface area contributed by atoms with E-state index in [1.807, 2.05) is 0 Å². The molecule has 0 aliphatic carbocycles. The van der Waals surface area contributed by atoms with Gasteiger partial charge in [0.1, 0.15) is 0 Å². The Kier molecular flexibility index (Phi) is 29.6. The second-order valence-corrected chi connectivity index (χ2v) is 2.46. The minimum absolute atomic E-state index is 0.838. The zero-order valence-corrected chi connectivity index (χ0v) is 12.2. The van der Waals surface area contributed by atoms with Crippen molar-refractivity contribution in [2.45, 2.75) is 0 Å². The highest BCUT2D eigenvalue weighted by molar-refractivity contribution is 5.81. The standard InChI is InChI=1S/4C3H4O3/c4*1-2-3(4)6-5/h4*2,5H,1H2. The first-order valence-corrected chi connectivity index (χ1v) is 5.15. The number of rotatable bonds is 4. The van der Waals surface area contributed by atoms with Crippen LogP contribution < -0.4 is 0 Å². The molecule has 0 rings (SSSR count). The van der Waals surface area contributed by atoms with Crippen LogP contribution in [0.25, 0.3) is 0 Å². The van der Waals surface area contributed by atoms with E-state index in [-0.39, 0.29) is 0 Å². The molecular weight excluding hydrogens is 336 g/mol. The van der Waals surface area contributed by atoms with Crippen molar-refractivity contribution in [2.75, 3.05) is 0 Å². The molecule has 0 fully saturated rings. The van der Waals surface area contributed by atoms with E-state index in [1.165, 1.54) is 0 Å². The summed E-state index contributed by atoms with van der Waals surface area (Å²) in [6, 6.07) is 0. The number of hydrogen-bond acceptors (Lipinski definition) is 12. The van der Waals surface area contributed by atoms with Gasteiger partial charge in [0.25, 0.3) is 0 Å². The van der Waals surface area contributed by atoms with Gasteiger partial charge in [-0.2, -0.15) is 21.0 Å². The van der Waals surface area contributed by atoms with Crippen LogP contribution in [0.4, 0.5) is 0 Å². The summed E-state index contributed by atoms with van der Waals surface area (Å²) in [7, 11) is 0. The molecule has 0 radical (unpaired) electrons. The Morgan fingerprint density at radius 3 is 0.625 bits per heavy atom. The fourth-order valence-corrected chi connectivity index (χ4v) is 0.149. The van der Waals surface area contributed by atoms with Crippen LogP contribution in [0.5, 0.6) is 0 Å². The van der Waals surface area contributed by atoms with Gasteiger partial charge in [0.05, 0.1) is 0 Å². The van der Waals surface area contributed by atoms with Gasteiger partial charge in [-0.15, -0.1) is 0 Å². The van der Waals surface area contributed by atoms with Crippen molar-refractivity contribution >= 4 is 23.9 Å². The highest BCUT2D eigenvalue weighted by Crippen LogP contribution is 1.68. The van der Waals surface area contributed by atoms with Gasteiger partial charge in [-0.1, -0.05) is 26.3 Å². The lowest BCUT2D eigenvalue weighted by molar-refractivity contribution is -0.228. The van der Waals surface area contributed by atoms with E-state index in [0.29, 0.717) is 0 Å². The summed E-state index contributed by atoms with van der Waals surface area (Å²) in [6.07, 6.45) is 3.44. The molecule has 0 aromatic rings. The summed E-state index contributed by atoms with van der Waals surface area (Å²) in [5, 5.41) is 29.7. The Morgan fingerprint density at radius 2 is 0.625 bits per heavy atom. The Labute approximate surface area is 135 Å². The van der Waals surface area contributed by atoms with Crippen molar-refractivity contribution in [2.24, 2.45) is 0 Å². The zero-order chi connectivity index (χ0) is 20.0. The Bertz CT molecular complexity index is 346. The van der Waals surface area contributed by atoms with Crippen LogP contribution in [0.2, 0.25) is 0 Å². The Balaban J connectivity index is -0.000000111. The third kappa shape index (κ3) is 36.3. The van der Waals surface area contributed by atoms with E-state index < -0.39 is 23.9 Å². The Morgan fingerprint density at radius 1 is 0.500 bits per heavy atom.